The summed E-state index contributed by atoms with van der Waals surface area (Å²) in [5.41, 5.74) is 1.40. The molecule has 1 atom stereocenters. The molecule has 1 fully saturated rings. The second-order valence-electron chi connectivity index (χ2n) is 6.23. The van der Waals surface area contributed by atoms with Gasteiger partial charge in [-0.2, -0.15) is 0 Å². The molecule has 0 N–H and O–H groups in total. The van der Waals surface area contributed by atoms with Gasteiger partial charge in [0, 0.05) is 30.9 Å². The molecular formula is C19H21N3O2. The largest absolute Gasteiger partial charge is 0.463 e. The highest BCUT2D eigenvalue weighted by Gasteiger charge is 2.32. The molecule has 3 heterocycles. The van der Waals surface area contributed by atoms with Crippen molar-refractivity contribution in [3.63, 3.8) is 0 Å². The lowest BCUT2D eigenvalue weighted by Crippen LogP contribution is -2.39. The maximum atomic E-state index is 13.2. The fourth-order valence-corrected chi connectivity index (χ4v) is 3.63. The molecule has 0 radical (unpaired) electrons. The monoisotopic (exact) mass is 323 g/mol. The number of carbonyl (C=O) groups excluding carboxylic acids is 1. The van der Waals surface area contributed by atoms with Crippen LogP contribution >= 0.6 is 0 Å². The van der Waals surface area contributed by atoms with Gasteiger partial charge in [0.05, 0.1) is 11.6 Å². The van der Waals surface area contributed by atoms with Gasteiger partial charge in [-0.3, -0.25) is 4.79 Å². The van der Waals surface area contributed by atoms with Crippen LogP contribution in [0, 0.1) is 0 Å². The van der Waals surface area contributed by atoms with E-state index in [1.54, 1.807) is 6.26 Å². The molecule has 0 saturated carbocycles. The quantitative estimate of drug-likeness (QED) is 0.731. The Morgan fingerprint density at radius 1 is 1.33 bits per heavy atom. The topological polar surface area (TPSA) is 51.3 Å². The molecule has 1 aliphatic rings. The molecule has 0 unspecified atom stereocenters. The average molecular weight is 323 g/mol. The molecule has 4 rings (SSSR count). The van der Waals surface area contributed by atoms with Gasteiger partial charge in [-0.25, -0.2) is 4.98 Å². The van der Waals surface area contributed by atoms with Crippen LogP contribution in [-0.4, -0.2) is 26.9 Å². The number of aryl methyl sites for hydroxylation is 1. The van der Waals surface area contributed by atoms with E-state index in [0.717, 1.165) is 49.1 Å². The second-order valence-corrected chi connectivity index (χ2v) is 6.23. The van der Waals surface area contributed by atoms with Gasteiger partial charge in [0.25, 0.3) is 5.91 Å². The zero-order chi connectivity index (χ0) is 16.5. The van der Waals surface area contributed by atoms with Crippen LogP contribution in [0.5, 0.6) is 0 Å². The highest BCUT2D eigenvalue weighted by atomic mass is 16.3. The molecule has 24 heavy (non-hydrogen) atoms. The number of fused-ring (bicyclic) bond motifs is 1. The lowest BCUT2D eigenvalue weighted by atomic mass is 9.99. The summed E-state index contributed by atoms with van der Waals surface area (Å²) in [5.74, 6) is 1.02. The lowest BCUT2D eigenvalue weighted by Gasteiger charge is -2.35. The Balaban J connectivity index is 1.71. The molecule has 3 aromatic rings. The summed E-state index contributed by atoms with van der Waals surface area (Å²) < 4.78 is 7.69. The van der Waals surface area contributed by atoms with Crippen molar-refractivity contribution in [2.45, 2.75) is 38.8 Å². The van der Waals surface area contributed by atoms with Gasteiger partial charge in [0.1, 0.15) is 17.7 Å². The molecule has 1 aliphatic heterocycles. The van der Waals surface area contributed by atoms with Crippen molar-refractivity contribution in [3.05, 3.63) is 54.3 Å². The van der Waals surface area contributed by atoms with E-state index in [0.29, 0.717) is 5.56 Å². The summed E-state index contributed by atoms with van der Waals surface area (Å²) in [7, 11) is 0. The van der Waals surface area contributed by atoms with Gasteiger partial charge in [0.2, 0.25) is 0 Å². The number of rotatable bonds is 3. The summed E-state index contributed by atoms with van der Waals surface area (Å²) in [6.07, 6.45) is 8.51. The molecule has 1 aromatic carbocycles. The van der Waals surface area contributed by atoms with E-state index in [1.165, 1.54) is 0 Å². The van der Waals surface area contributed by atoms with Crippen LogP contribution in [0.2, 0.25) is 0 Å². The smallest absolute Gasteiger partial charge is 0.258 e. The number of hydrogen-bond donors (Lipinski definition) is 0. The third kappa shape index (κ3) is 2.40. The SMILES string of the molecule is CCn1ccnc1[C@H]1CCCCN1C(=O)c1coc2ccccc12. The molecule has 0 spiro atoms. The summed E-state index contributed by atoms with van der Waals surface area (Å²) in [5, 5.41) is 0.880. The Kier molecular flexibility index (Phi) is 3.84. The molecule has 0 bridgehead atoms. The molecule has 0 aliphatic carbocycles. The summed E-state index contributed by atoms with van der Waals surface area (Å²) in [6, 6.07) is 7.73. The number of carbonyl (C=O) groups is 1. The molecule has 2 aromatic heterocycles. The Bertz CT molecular complexity index is 864. The number of furan rings is 1. The van der Waals surface area contributed by atoms with Crippen LogP contribution in [0.15, 0.2) is 47.3 Å². The number of para-hydroxylation sites is 1. The van der Waals surface area contributed by atoms with Crippen molar-refractivity contribution in [1.29, 1.82) is 0 Å². The van der Waals surface area contributed by atoms with Crippen LogP contribution in [0.4, 0.5) is 0 Å². The van der Waals surface area contributed by atoms with E-state index in [1.807, 2.05) is 41.6 Å². The predicted molar refractivity (Wildman–Crippen MR) is 91.7 cm³/mol. The number of hydrogen-bond acceptors (Lipinski definition) is 3. The van der Waals surface area contributed by atoms with E-state index in [2.05, 4.69) is 16.5 Å². The number of amides is 1. The van der Waals surface area contributed by atoms with E-state index in [9.17, 15) is 4.79 Å². The lowest BCUT2D eigenvalue weighted by molar-refractivity contribution is 0.0596. The molecule has 1 amide bonds. The number of nitrogens with zero attached hydrogens (tertiary/aromatic N) is 3. The molecule has 124 valence electrons. The van der Waals surface area contributed by atoms with Crippen LogP contribution in [-0.2, 0) is 6.54 Å². The molecule has 1 saturated heterocycles. The third-order valence-electron chi connectivity index (χ3n) is 4.86. The van der Waals surface area contributed by atoms with Gasteiger partial charge in [-0.05, 0) is 32.3 Å². The van der Waals surface area contributed by atoms with Gasteiger partial charge in [-0.1, -0.05) is 18.2 Å². The minimum absolute atomic E-state index is 0.0369. The van der Waals surface area contributed by atoms with Crippen LogP contribution in [0.1, 0.15) is 48.4 Å². The van der Waals surface area contributed by atoms with Crippen molar-refractivity contribution in [1.82, 2.24) is 14.5 Å². The number of imidazole rings is 1. The van der Waals surface area contributed by atoms with E-state index in [4.69, 9.17) is 4.42 Å². The molecule has 5 nitrogen and oxygen atoms in total. The van der Waals surface area contributed by atoms with Gasteiger partial charge in [-0.15, -0.1) is 0 Å². The zero-order valence-corrected chi connectivity index (χ0v) is 13.8. The Morgan fingerprint density at radius 2 is 2.21 bits per heavy atom. The zero-order valence-electron chi connectivity index (χ0n) is 13.8. The van der Waals surface area contributed by atoms with Crippen LogP contribution in [0.3, 0.4) is 0 Å². The van der Waals surface area contributed by atoms with Crippen molar-refractivity contribution < 1.29 is 9.21 Å². The number of piperidine rings is 1. The van der Waals surface area contributed by atoms with Gasteiger partial charge in [0.15, 0.2) is 0 Å². The fourth-order valence-electron chi connectivity index (χ4n) is 3.63. The Hall–Kier alpha value is -2.56. The predicted octanol–water partition coefficient (Wildman–Crippen LogP) is 4.02. The van der Waals surface area contributed by atoms with E-state index in [-0.39, 0.29) is 11.9 Å². The third-order valence-corrected chi connectivity index (χ3v) is 4.86. The highest BCUT2D eigenvalue weighted by Crippen LogP contribution is 2.33. The van der Waals surface area contributed by atoms with Crippen molar-refractivity contribution in [2.75, 3.05) is 6.54 Å². The Morgan fingerprint density at radius 3 is 3.08 bits per heavy atom. The van der Waals surface area contributed by atoms with E-state index < -0.39 is 0 Å². The van der Waals surface area contributed by atoms with Gasteiger partial charge >= 0.3 is 0 Å². The van der Waals surface area contributed by atoms with Crippen molar-refractivity contribution in [2.24, 2.45) is 0 Å². The molecule has 5 heteroatoms. The maximum Gasteiger partial charge on any atom is 0.258 e. The maximum absolute atomic E-state index is 13.2. The first-order valence-corrected chi connectivity index (χ1v) is 8.58. The summed E-state index contributed by atoms with van der Waals surface area (Å²) >= 11 is 0. The summed E-state index contributed by atoms with van der Waals surface area (Å²) in [6.45, 7) is 3.73. The average Bonchev–Trinajstić information content (AvgIpc) is 3.27. The standard InChI is InChI=1S/C19H21N3O2/c1-2-21-12-10-20-18(21)16-8-5-6-11-22(16)19(23)15-13-24-17-9-4-3-7-14(15)17/h3-4,7,9-10,12-13,16H,2,5-6,8,11H2,1H3/t16-/m1/s1. The van der Waals surface area contributed by atoms with Crippen molar-refractivity contribution in [3.8, 4) is 0 Å². The van der Waals surface area contributed by atoms with Crippen molar-refractivity contribution >= 4 is 16.9 Å². The Labute approximate surface area is 140 Å². The number of likely N-dealkylation sites (tertiary alicyclic amines) is 1. The van der Waals surface area contributed by atoms with E-state index >= 15 is 0 Å². The number of aromatic nitrogens is 2. The fraction of sp³-hybridized carbons (Fsp3) is 0.368. The summed E-state index contributed by atoms with van der Waals surface area (Å²) in [4.78, 5) is 19.7. The highest BCUT2D eigenvalue weighted by molar-refractivity contribution is 6.06. The van der Waals surface area contributed by atoms with Crippen LogP contribution < -0.4 is 0 Å². The number of benzene rings is 1. The minimum atomic E-state index is 0.0369. The van der Waals surface area contributed by atoms with Gasteiger partial charge < -0.3 is 13.9 Å². The molecular weight excluding hydrogens is 302 g/mol. The first-order valence-electron chi connectivity index (χ1n) is 8.58. The normalized spacial score (nSPS) is 18.2. The first kappa shape index (κ1) is 15.0. The minimum Gasteiger partial charge on any atom is -0.463 e. The second kappa shape index (κ2) is 6.15. The van der Waals surface area contributed by atoms with Crippen LogP contribution in [0.25, 0.3) is 11.0 Å². The first-order chi connectivity index (χ1) is 11.8.